The van der Waals surface area contributed by atoms with Crippen LogP contribution in [0.25, 0.3) is 0 Å². The third-order valence-corrected chi connectivity index (χ3v) is 4.72. The van der Waals surface area contributed by atoms with Crippen molar-refractivity contribution < 1.29 is 19.4 Å². The number of thiol groups is 1. The van der Waals surface area contributed by atoms with Crippen molar-refractivity contribution in [3.05, 3.63) is 57.6 Å². The van der Waals surface area contributed by atoms with E-state index in [4.69, 9.17) is 32.7 Å². The highest BCUT2D eigenvalue weighted by Crippen LogP contribution is 2.25. The molecule has 2 aromatic carbocycles. The number of carboxylic acids is 1. The Balaban J connectivity index is 2.04. The number of carboxylic acid groups (broad SMARTS) is 1. The maximum absolute atomic E-state index is 11.4. The molecular formula is C21H20Cl2O4S. The first-order valence-corrected chi connectivity index (χ1v) is 9.73. The maximum atomic E-state index is 11.4. The standard InChI is InChI=1S/C21H20Cl2O4S/c1-13(2)27-19(21(24)25)12-15-6-8-20(28)18(11-15)26-9-3-4-14-5-7-16(22)17(23)10-14/h5-8,10-11,13,19,28H,9,12H2,1-2H3,(H,24,25). The van der Waals surface area contributed by atoms with Crippen LogP contribution in [-0.2, 0) is 16.0 Å². The molecule has 0 radical (unpaired) electrons. The first-order chi connectivity index (χ1) is 13.3. The molecule has 0 fully saturated rings. The monoisotopic (exact) mass is 438 g/mol. The number of hydrogen-bond acceptors (Lipinski definition) is 4. The van der Waals surface area contributed by atoms with Gasteiger partial charge >= 0.3 is 5.97 Å². The van der Waals surface area contributed by atoms with Crippen LogP contribution in [0.1, 0.15) is 25.0 Å². The molecule has 7 heteroatoms. The highest BCUT2D eigenvalue weighted by atomic mass is 35.5. The number of hydrogen-bond donors (Lipinski definition) is 2. The Bertz CT molecular complexity index is 903. The van der Waals surface area contributed by atoms with Gasteiger partial charge in [0.1, 0.15) is 12.4 Å². The summed E-state index contributed by atoms with van der Waals surface area (Å²) in [6, 6.07) is 10.4. The van der Waals surface area contributed by atoms with E-state index in [2.05, 4.69) is 24.5 Å². The van der Waals surface area contributed by atoms with Gasteiger partial charge in [-0.1, -0.05) is 41.1 Å². The van der Waals surface area contributed by atoms with Crippen molar-refractivity contribution in [1.29, 1.82) is 0 Å². The van der Waals surface area contributed by atoms with E-state index < -0.39 is 12.1 Å². The van der Waals surface area contributed by atoms with Crippen molar-refractivity contribution in [3.63, 3.8) is 0 Å². The summed E-state index contributed by atoms with van der Waals surface area (Å²) in [7, 11) is 0. The summed E-state index contributed by atoms with van der Waals surface area (Å²) in [5.74, 6) is 5.37. The van der Waals surface area contributed by atoms with E-state index in [0.29, 0.717) is 20.7 Å². The first kappa shape index (κ1) is 22.4. The smallest absolute Gasteiger partial charge is 0.333 e. The topological polar surface area (TPSA) is 55.8 Å². The van der Waals surface area contributed by atoms with E-state index in [-0.39, 0.29) is 19.1 Å². The van der Waals surface area contributed by atoms with Crippen LogP contribution in [0.5, 0.6) is 5.75 Å². The van der Waals surface area contributed by atoms with Crippen molar-refractivity contribution in [2.24, 2.45) is 0 Å². The third kappa shape index (κ3) is 6.96. The third-order valence-electron chi connectivity index (χ3n) is 3.61. The van der Waals surface area contributed by atoms with Crippen LogP contribution in [0.15, 0.2) is 41.3 Å². The summed E-state index contributed by atoms with van der Waals surface area (Å²) in [4.78, 5) is 12.0. The average Bonchev–Trinajstić information content (AvgIpc) is 2.63. The molecule has 0 saturated heterocycles. The minimum Gasteiger partial charge on any atom is -0.480 e. The normalized spacial score (nSPS) is 11.6. The van der Waals surface area contributed by atoms with Gasteiger partial charge in [-0.3, -0.25) is 0 Å². The van der Waals surface area contributed by atoms with E-state index in [1.54, 1.807) is 50.2 Å². The Hall–Kier alpha value is -1.84. The van der Waals surface area contributed by atoms with Crippen LogP contribution in [-0.4, -0.2) is 29.9 Å². The quantitative estimate of drug-likeness (QED) is 0.464. The summed E-state index contributed by atoms with van der Waals surface area (Å²) in [5, 5.41) is 10.2. The molecule has 1 atom stereocenters. The minimum absolute atomic E-state index is 0.141. The lowest BCUT2D eigenvalue weighted by molar-refractivity contribution is -0.153. The highest BCUT2D eigenvalue weighted by Gasteiger charge is 2.20. The molecule has 4 nitrogen and oxygen atoms in total. The molecule has 0 spiro atoms. The van der Waals surface area contributed by atoms with E-state index in [1.807, 2.05) is 0 Å². The Morgan fingerprint density at radius 2 is 1.93 bits per heavy atom. The van der Waals surface area contributed by atoms with Crippen LogP contribution in [0.3, 0.4) is 0 Å². The van der Waals surface area contributed by atoms with Crippen molar-refractivity contribution in [1.82, 2.24) is 0 Å². The Morgan fingerprint density at radius 3 is 2.57 bits per heavy atom. The molecule has 0 amide bonds. The lowest BCUT2D eigenvalue weighted by atomic mass is 10.1. The van der Waals surface area contributed by atoms with Gasteiger partial charge in [0, 0.05) is 16.9 Å². The Kier molecular flexibility index (Phi) is 8.53. The summed E-state index contributed by atoms with van der Waals surface area (Å²) in [6.45, 7) is 3.74. The molecule has 148 valence electrons. The van der Waals surface area contributed by atoms with Crippen LogP contribution < -0.4 is 4.74 Å². The number of ether oxygens (including phenoxy) is 2. The number of aliphatic carboxylic acids is 1. The molecule has 0 saturated carbocycles. The maximum Gasteiger partial charge on any atom is 0.333 e. The van der Waals surface area contributed by atoms with Crippen LogP contribution >= 0.6 is 35.8 Å². The first-order valence-electron chi connectivity index (χ1n) is 8.53. The van der Waals surface area contributed by atoms with E-state index in [1.165, 1.54) is 0 Å². The van der Waals surface area contributed by atoms with Gasteiger partial charge in [-0.05, 0) is 49.7 Å². The fraction of sp³-hybridized carbons (Fsp3) is 0.286. The van der Waals surface area contributed by atoms with Crippen molar-refractivity contribution in [3.8, 4) is 17.6 Å². The lowest BCUT2D eigenvalue weighted by Gasteiger charge is -2.17. The van der Waals surface area contributed by atoms with Crippen LogP contribution in [0, 0.1) is 11.8 Å². The molecule has 28 heavy (non-hydrogen) atoms. The molecular weight excluding hydrogens is 419 g/mol. The predicted molar refractivity (Wildman–Crippen MR) is 114 cm³/mol. The van der Waals surface area contributed by atoms with Gasteiger partial charge in [0.2, 0.25) is 0 Å². The van der Waals surface area contributed by atoms with Gasteiger partial charge in [-0.15, -0.1) is 12.6 Å². The molecule has 0 aromatic heterocycles. The molecule has 1 unspecified atom stereocenters. The summed E-state index contributed by atoms with van der Waals surface area (Å²) in [5.41, 5.74) is 1.51. The molecule has 2 rings (SSSR count). The molecule has 0 aliphatic heterocycles. The zero-order valence-electron chi connectivity index (χ0n) is 15.4. The average molecular weight is 439 g/mol. The van der Waals surface area contributed by atoms with E-state index in [0.717, 1.165) is 11.1 Å². The predicted octanol–water partition coefficient (Wildman–Crippen LogP) is 5.13. The van der Waals surface area contributed by atoms with Gasteiger partial charge in [-0.25, -0.2) is 4.79 Å². The molecule has 2 aromatic rings. The molecule has 1 N–H and O–H groups in total. The molecule has 0 heterocycles. The second-order valence-corrected chi connectivity index (χ2v) is 7.53. The second-order valence-electron chi connectivity index (χ2n) is 6.24. The summed E-state index contributed by atoms with van der Waals surface area (Å²) >= 11 is 16.2. The van der Waals surface area contributed by atoms with Crippen LogP contribution in [0.4, 0.5) is 0 Å². The van der Waals surface area contributed by atoms with Gasteiger partial charge in [-0.2, -0.15) is 0 Å². The zero-order valence-corrected chi connectivity index (χ0v) is 17.8. The lowest BCUT2D eigenvalue weighted by Crippen LogP contribution is -2.29. The number of carbonyl (C=O) groups is 1. The van der Waals surface area contributed by atoms with Gasteiger partial charge in [0.15, 0.2) is 6.10 Å². The number of rotatable bonds is 7. The second kappa shape index (κ2) is 10.6. The molecule has 0 aliphatic rings. The van der Waals surface area contributed by atoms with Crippen molar-refractivity contribution in [2.45, 2.75) is 37.4 Å². The molecule has 0 bridgehead atoms. The highest BCUT2D eigenvalue weighted by molar-refractivity contribution is 7.80. The number of halogens is 2. The van der Waals surface area contributed by atoms with Gasteiger partial charge < -0.3 is 14.6 Å². The van der Waals surface area contributed by atoms with Crippen molar-refractivity contribution in [2.75, 3.05) is 6.61 Å². The van der Waals surface area contributed by atoms with Crippen LogP contribution in [0.2, 0.25) is 10.0 Å². The molecule has 0 aliphatic carbocycles. The van der Waals surface area contributed by atoms with E-state index >= 15 is 0 Å². The summed E-state index contributed by atoms with van der Waals surface area (Å²) in [6.07, 6.45) is -0.877. The van der Waals surface area contributed by atoms with Gasteiger partial charge in [0.25, 0.3) is 0 Å². The van der Waals surface area contributed by atoms with Gasteiger partial charge in [0.05, 0.1) is 16.1 Å². The fourth-order valence-corrected chi connectivity index (χ4v) is 2.86. The largest absolute Gasteiger partial charge is 0.480 e. The Morgan fingerprint density at radius 1 is 1.18 bits per heavy atom. The SMILES string of the molecule is CC(C)OC(Cc1ccc(S)c(OCC#Cc2ccc(Cl)c(Cl)c2)c1)C(=O)O. The van der Waals surface area contributed by atoms with Crippen molar-refractivity contribution >= 4 is 41.8 Å². The number of benzene rings is 2. The minimum atomic E-state index is -1.00. The fourth-order valence-electron chi connectivity index (χ4n) is 2.36. The zero-order chi connectivity index (χ0) is 20.7. The Labute approximate surface area is 180 Å². The summed E-state index contributed by atoms with van der Waals surface area (Å²) < 4.78 is 11.1. The van der Waals surface area contributed by atoms with E-state index in [9.17, 15) is 9.90 Å².